The zero-order chi connectivity index (χ0) is 9.54. The number of carbonyl (C=O) groups excluding carboxylic acids is 1. The smallest absolute Gasteiger partial charge is 0.168 e. The van der Waals surface area contributed by atoms with Crippen molar-refractivity contribution in [3.63, 3.8) is 0 Å². The molecule has 2 fully saturated rings. The van der Waals surface area contributed by atoms with E-state index in [-0.39, 0.29) is 0 Å². The molecule has 2 aliphatic rings. The van der Waals surface area contributed by atoms with Gasteiger partial charge in [-0.3, -0.25) is 4.79 Å². The number of imidazole rings is 1. The topological polar surface area (TPSA) is 34.9 Å². The maximum absolute atomic E-state index is 10.8. The van der Waals surface area contributed by atoms with E-state index in [1.165, 1.54) is 25.7 Å². The van der Waals surface area contributed by atoms with Gasteiger partial charge in [-0.1, -0.05) is 0 Å². The normalized spacial score (nSPS) is 21.5. The standard InChI is InChI=1S/C11H14N2O/c14-6-10-5-12-7-13(10)11(8-1-2-8)9-3-4-9/h5-9,11H,1-4H2. The predicted octanol–water partition coefficient (Wildman–Crippen LogP) is 2.06. The molecule has 0 atom stereocenters. The lowest BCUT2D eigenvalue weighted by Gasteiger charge is -2.18. The quantitative estimate of drug-likeness (QED) is 0.681. The maximum atomic E-state index is 10.8. The number of hydrogen-bond donors (Lipinski definition) is 0. The molecule has 1 aromatic heterocycles. The Kier molecular flexibility index (Phi) is 1.72. The van der Waals surface area contributed by atoms with Gasteiger partial charge in [-0.15, -0.1) is 0 Å². The van der Waals surface area contributed by atoms with Gasteiger partial charge in [0, 0.05) is 6.04 Å². The highest BCUT2D eigenvalue weighted by Crippen LogP contribution is 2.52. The Bertz CT molecular complexity index is 338. The summed E-state index contributed by atoms with van der Waals surface area (Å²) in [6, 6.07) is 0.567. The number of nitrogens with zero attached hydrogens (tertiary/aromatic N) is 2. The third kappa shape index (κ3) is 1.27. The fraction of sp³-hybridized carbons (Fsp3) is 0.636. The molecule has 0 bridgehead atoms. The van der Waals surface area contributed by atoms with Crippen molar-refractivity contribution in [1.29, 1.82) is 0 Å². The molecule has 3 heteroatoms. The van der Waals surface area contributed by atoms with Gasteiger partial charge in [0.15, 0.2) is 6.29 Å². The molecular weight excluding hydrogens is 176 g/mol. The molecule has 1 aromatic rings. The van der Waals surface area contributed by atoms with Gasteiger partial charge in [-0.2, -0.15) is 0 Å². The number of aromatic nitrogens is 2. The molecule has 3 rings (SSSR count). The molecular formula is C11H14N2O. The molecule has 1 heterocycles. The summed E-state index contributed by atoms with van der Waals surface area (Å²) in [5, 5.41) is 0. The molecule has 0 radical (unpaired) electrons. The molecule has 3 nitrogen and oxygen atoms in total. The predicted molar refractivity (Wildman–Crippen MR) is 52.1 cm³/mol. The van der Waals surface area contributed by atoms with Crippen LogP contribution in [0.3, 0.4) is 0 Å². The minimum Gasteiger partial charge on any atom is -0.325 e. The van der Waals surface area contributed by atoms with Gasteiger partial charge in [0.2, 0.25) is 0 Å². The first-order chi connectivity index (χ1) is 6.90. The molecule has 14 heavy (non-hydrogen) atoms. The average Bonchev–Trinajstić information content (AvgIpc) is 3.07. The van der Waals surface area contributed by atoms with Gasteiger partial charge < -0.3 is 4.57 Å². The van der Waals surface area contributed by atoms with E-state index >= 15 is 0 Å². The van der Waals surface area contributed by atoms with Crippen molar-refractivity contribution in [3.8, 4) is 0 Å². The lowest BCUT2D eigenvalue weighted by molar-refractivity contribution is 0.111. The highest BCUT2D eigenvalue weighted by atomic mass is 16.1. The van der Waals surface area contributed by atoms with Gasteiger partial charge in [-0.05, 0) is 37.5 Å². The second kappa shape index (κ2) is 2.94. The van der Waals surface area contributed by atoms with Crippen LogP contribution >= 0.6 is 0 Å². The fourth-order valence-electron chi connectivity index (χ4n) is 2.37. The number of rotatable bonds is 4. The summed E-state index contributed by atoms with van der Waals surface area (Å²) in [7, 11) is 0. The lowest BCUT2D eigenvalue weighted by atomic mass is 10.1. The number of carbonyl (C=O) groups is 1. The van der Waals surface area contributed by atoms with Gasteiger partial charge in [-0.25, -0.2) is 4.98 Å². The monoisotopic (exact) mass is 190 g/mol. The van der Waals surface area contributed by atoms with E-state index in [2.05, 4.69) is 9.55 Å². The highest BCUT2D eigenvalue weighted by Gasteiger charge is 2.42. The second-order valence-electron chi connectivity index (χ2n) is 4.51. The van der Waals surface area contributed by atoms with E-state index in [0.29, 0.717) is 6.04 Å². The van der Waals surface area contributed by atoms with Crippen molar-refractivity contribution in [2.45, 2.75) is 31.7 Å². The van der Waals surface area contributed by atoms with E-state index in [0.717, 1.165) is 23.8 Å². The first kappa shape index (κ1) is 8.21. The van der Waals surface area contributed by atoms with Crippen LogP contribution in [0.2, 0.25) is 0 Å². The van der Waals surface area contributed by atoms with Crippen LogP contribution in [-0.4, -0.2) is 15.8 Å². The first-order valence-corrected chi connectivity index (χ1v) is 5.37. The van der Waals surface area contributed by atoms with Crippen molar-refractivity contribution in [2.24, 2.45) is 11.8 Å². The molecule has 2 saturated carbocycles. The average molecular weight is 190 g/mol. The Morgan fingerprint density at radius 3 is 2.50 bits per heavy atom. The molecule has 74 valence electrons. The van der Waals surface area contributed by atoms with Crippen LogP contribution in [0.5, 0.6) is 0 Å². The van der Waals surface area contributed by atoms with Crippen molar-refractivity contribution in [3.05, 3.63) is 18.2 Å². The summed E-state index contributed by atoms with van der Waals surface area (Å²) >= 11 is 0. The Morgan fingerprint density at radius 1 is 1.36 bits per heavy atom. The Balaban J connectivity index is 1.93. The van der Waals surface area contributed by atoms with Crippen LogP contribution in [0.1, 0.15) is 42.2 Å². The van der Waals surface area contributed by atoms with E-state index in [4.69, 9.17) is 0 Å². The summed E-state index contributed by atoms with van der Waals surface area (Å²) < 4.78 is 2.10. The maximum Gasteiger partial charge on any atom is 0.168 e. The van der Waals surface area contributed by atoms with Gasteiger partial charge in [0.1, 0.15) is 5.69 Å². The minimum absolute atomic E-state index is 0.567. The van der Waals surface area contributed by atoms with E-state index in [9.17, 15) is 4.79 Å². The minimum atomic E-state index is 0.567. The highest BCUT2D eigenvalue weighted by molar-refractivity contribution is 5.71. The zero-order valence-electron chi connectivity index (χ0n) is 8.10. The van der Waals surface area contributed by atoms with Crippen LogP contribution in [0.15, 0.2) is 12.5 Å². The molecule has 0 N–H and O–H groups in total. The van der Waals surface area contributed by atoms with Gasteiger partial charge in [0.25, 0.3) is 0 Å². The molecule has 0 amide bonds. The largest absolute Gasteiger partial charge is 0.325 e. The molecule has 0 aromatic carbocycles. The van der Waals surface area contributed by atoms with Crippen LogP contribution in [-0.2, 0) is 0 Å². The summed E-state index contributed by atoms with van der Waals surface area (Å²) in [5.41, 5.74) is 0.744. The molecule has 0 spiro atoms. The van der Waals surface area contributed by atoms with Crippen LogP contribution in [0, 0.1) is 11.8 Å². The fourth-order valence-corrected chi connectivity index (χ4v) is 2.37. The zero-order valence-corrected chi connectivity index (χ0v) is 8.10. The van der Waals surface area contributed by atoms with E-state index in [1.807, 2.05) is 6.33 Å². The SMILES string of the molecule is O=Cc1cncn1C(C1CC1)C1CC1. The van der Waals surface area contributed by atoms with Crippen molar-refractivity contribution in [1.82, 2.24) is 9.55 Å². The Labute approximate surface area is 83.1 Å². The number of hydrogen-bond acceptors (Lipinski definition) is 2. The van der Waals surface area contributed by atoms with Crippen molar-refractivity contribution in [2.75, 3.05) is 0 Å². The Morgan fingerprint density at radius 2 is 2.00 bits per heavy atom. The van der Waals surface area contributed by atoms with E-state index < -0.39 is 0 Å². The van der Waals surface area contributed by atoms with Crippen molar-refractivity contribution < 1.29 is 4.79 Å². The second-order valence-corrected chi connectivity index (χ2v) is 4.51. The first-order valence-electron chi connectivity index (χ1n) is 5.37. The summed E-state index contributed by atoms with van der Waals surface area (Å²) in [4.78, 5) is 14.9. The third-order valence-electron chi connectivity index (χ3n) is 3.35. The summed E-state index contributed by atoms with van der Waals surface area (Å²) in [6.07, 6.45) is 9.74. The van der Waals surface area contributed by atoms with Gasteiger partial charge >= 0.3 is 0 Å². The molecule has 0 aliphatic heterocycles. The lowest BCUT2D eigenvalue weighted by Crippen LogP contribution is -2.14. The molecule has 0 unspecified atom stereocenters. The number of aldehydes is 1. The van der Waals surface area contributed by atoms with E-state index in [1.54, 1.807) is 6.20 Å². The summed E-state index contributed by atoms with van der Waals surface area (Å²) in [5.74, 6) is 1.63. The molecule has 2 aliphatic carbocycles. The summed E-state index contributed by atoms with van der Waals surface area (Å²) in [6.45, 7) is 0. The Hall–Kier alpha value is -1.12. The van der Waals surface area contributed by atoms with Crippen LogP contribution < -0.4 is 0 Å². The molecule has 0 saturated heterocycles. The third-order valence-corrected chi connectivity index (χ3v) is 3.35. The van der Waals surface area contributed by atoms with Gasteiger partial charge in [0.05, 0.1) is 12.5 Å². The van der Waals surface area contributed by atoms with Crippen LogP contribution in [0.4, 0.5) is 0 Å². The van der Waals surface area contributed by atoms with Crippen molar-refractivity contribution >= 4 is 6.29 Å². The van der Waals surface area contributed by atoms with Crippen LogP contribution in [0.25, 0.3) is 0 Å².